The van der Waals surface area contributed by atoms with Crippen LogP contribution in [0.2, 0.25) is 0 Å². The summed E-state index contributed by atoms with van der Waals surface area (Å²) < 4.78 is 62.8. The van der Waals surface area contributed by atoms with Gasteiger partial charge in [-0.05, 0) is 82.5 Å². The van der Waals surface area contributed by atoms with Crippen LogP contribution >= 0.6 is 11.3 Å². The maximum absolute atomic E-state index is 14.7. The monoisotopic (exact) mass is 549 g/mol. The Kier molecular flexibility index (Phi) is 8.13. The Labute approximate surface area is 223 Å². The average molecular weight is 550 g/mol. The van der Waals surface area contributed by atoms with Crippen LogP contribution in [0.5, 0.6) is 5.75 Å². The van der Waals surface area contributed by atoms with Crippen LogP contribution < -0.4 is 10.1 Å². The fourth-order valence-electron chi connectivity index (χ4n) is 5.15. The van der Waals surface area contributed by atoms with E-state index >= 15 is 0 Å². The first kappa shape index (κ1) is 28.0. The lowest BCUT2D eigenvalue weighted by Crippen LogP contribution is -2.58. The number of hydrogen-bond acceptors (Lipinski definition) is 5. The normalized spacial score (nSPS) is 19.3. The Bertz CT molecular complexity index is 1230. The number of ether oxygens (including phenoxy) is 1. The van der Waals surface area contributed by atoms with Gasteiger partial charge in [0, 0.05) is 34.3 Å². The highest BCUT2D eigenvalue weighted by molar-refractivity contribution is 7.10. The van der Waals surface area contributed by atoms with Gasteiger partial charge in [0.1, 0.15) is 11.8 Å². The molecule has 1 aliphatic rings. The zero-order chi connectivity index (χ0) is 27.6. The molecule has 0 radical (unpaired) electrons. The van der Waals surface area contributed by atoms with Gasteiger partial charge >= 0.3 is 12.3 Å². The Morgan fingerprint density at radius 2 is 1.89 bits per heavy atom. The van der Waals surface area contributed by atoms with Crippen molar-refractivity contribution in [2.45, 2.75) is 57.8 Å². The molecule has 1 fully saturated rings. The number of pyridine rings is 1. The third-order valence-corrected chi connectivity index (χ3v) is 8.38. The third-order valence-electron chi connectivity index (χ3n) is 7.45. The number of aromatic nitrogens is 1. The van der Waals surface area contributed by atoms with Gasteiger partial charge in [0.15, 0.2) is 5.13 Å². The van der Waals surface area contributed by atoms with Crippen LogP contribution in [0.25, 0.3) is 0 Å². The molecule has 2 atom stereocenters. The summed E-state index contributed by atoms with van der Waals surface area (Å²) in [7, 11) is 0. The maximum atomic E-state index is 14.7. The zero-order valence-corrected chi connectivity index (χ0v) is 22.3. The molecule has 4 rings (SSSR count). The van der Waals surface area contributed by atoms with E-state index in [4.69, 9.17) is 4.74 Å². The highest BCUT2D eigenvalue weighted by atomic mass is 32.1. The van der Waals surface area contributed by atoms with Gasteiger partial charge in [-0.1, -0.05) is 24.3 Å². The molecule has 0 saturated carbocycles. The molecule has 3 heterocycles. The zero-order valence-electron chi connectivity index (χ0n) is 21.5. The number of benzene rings is 1. The minimum atomic E-state index is -4.73. The highest BCUT2D eigenvalue weighted by Gasteiger charge is 2.58. The van der Waals surface area contributed by atoms with E-state index in [-0.39, 0.29) is 36.7 Å². The van der Waals surface area contributed by atoms with Crippen LogP contribution in [-0.2, 0) is 12.0 Å². The number of halogens is 4. The van der Waals surface area contributed by atoms with Gasteiger partial charge in [0.2, 0.25) is 0 Å². The Morgan fingerprint density at radius 3 is 2.50 bits per heavy atom. The summed E-state index contributed by atoms with van der Waals surface area (Å²) in [6.45, 7) is 6.27. The molecule has 2 aromatic heterocycles. The number of carbonyl (C=O) groups excluding carboxylic acids is 1. The lowest BCUT2D eigenvalue weighted by molar-refractivity contribution is -0.182. The summed E-state index contributed by atoms with van der Waals surface area (Å²) in [5.74, 6) is 0.148. The molecule has 0 aliphatic carbocycles. The predicted octanol–water partition coefficient (Wildman–Crippen LogP) is 6.87. The Morgan fingerprint density at radius 1 is 1.16 bits per heavy atom. The molecule has 1 N–H and O–H groups in total. The summed E-state index contributed by atoms with van der Waals surface area (Å²) in [5.41, 5.74) is -0.219. The van der Waals surface area contributed by atoms with Crippen molar-refractivity contribution in [1.29, 1.82) is 0 Å². The largest absolute Gasteiger partial charge is 0.413 e. The van der Waals surface area contributed by atoms with Crippen LogP contribution in [-0.4, -0.2) is 41.3 Å². The van der Waals surface area contributed by atoms with Crippen molar-refractivity contribution < 1.29 is 27.1 Å². The summed E-state index contributed by atoms with van der Waals surface area (Å²) >= 11 is 0.927. The summed E-state index contributed by atoms with van der Waals surface area (Å²) in [5, 5.41) is 1.77. The average Bonchev–Trinajstić information content (AvgIpc) is 3.49. The minimum Gasteiger partial charge on any atom is -0.410 e. The molecule has 5 nitrogen and oxygen atoms in total. The van der Waals surface area contributed by atoms with Crippen LogP contribution in [0, 0.1) is 17.5 Å². The summed E-state index contributed by atoms with van der Waals surface area (Å²) in [6, 6.07) is 12.5. The quantitative estimate of drug-likeness (QED) is 0.312. The maximum Gasteiger partial charge on any atom is 0.413 e. The second-order valence-electron chi connectivity index (χ2n) is 10.3. The predicted molar refractivity (Wildman–Crippen MR) is 139 cm³/mol. The molecule has 0 bridgehead atoms. The van der Waals surface area contributed by atoms with Crippen molar-refractivity contribution in [3.63, 3.8) is 0 Å². The number of hydrogen-bond donors (Lipinski definition) is 1. The molecule has 204 valence electrons. The van der Waals surface area contributed by atoms with Crippen LogP contribution in [0.3, 0.4) is 0 Å². The molecule has 1 saturated heterocycles. The summed E-state index contributed by atoms with van der Waals surface area (Å²) in [4.78, 5) is 19.7. The first-order valence-electron chi connectivity index (χ1n) is 12.4. The number of carbonyl (C=O) groups is 1. The number of amides is 1. The fraction of sp³-hybridized carbons (Fsp3) is 0.429. The van der Waals surface area contributed by atoms with E-state index in [9.17, 15) is 22.4 Å². The molecular formula is C28H31F4N3O2S. The molecule has 1 aromatic carbocycles. The van der Waals surface area contributed by atoms with E-state index in [1.165, 1.54) is 18.2 Å². The van der Waals surface area contributed by atoms with Crippen molar-refractivity contribution >= 4 is 17.4 Å². The standard InChI is InChI=1S/C28H31F4N3O2S/c1-19-9-10-20(17-33-19)26(2,3)35-16-15-27(18-35,14-13-22-11-12-23(29)38-22)24(28(30,31)32)34-25(36)37-21-7-5-4-6-8-21/h4-12,17,24H,13-16,18H2,1-3H3,(H,34,36)/t24-,27?/m1/s1. The first-order chi connectivity index (χ1) is 17.9. The first-order valence-corrected chi connectivity index (χ1v) is 13.2. The van der Waals surface area contributed by atoms with Crippen molar-refractivity contribution in [1.82, 2.24) is 15.2 Å². The molecular weight excluding hydrogens is 518 g/mol. The van der Waals surface area contributed by atoms with Crippen molar-refractivity contribution in [3.05, 3.63) is 82.1 Å². The van der Waals surface area contributed by atoms with Crippen molar-refractivity contribution in [3.8, 4) is 5.75 Å². The fourth-order valence-corrected chi connectivity index (χ4v) is 5.88. The molecule has 10 heteroatoms. The molecule has 1 unspecified atom stereocenters. The lowest BCUT2D eigenvalue weighted by atomic mass is 9.74. The van der Waals surface area contributed by atoms with E-state index < -0.39 is 29.3 Å². The van der Waals surface area contributed by atoms with Gasteiger partial charge in [0.25, 0.3) is 0 Å². The van der Waals surface area contributed by atoms with Gasteiger partial charge < -0.3 is 10.1 Å². The molecule has 1 aliphatic heterocycles. The number of nitrogens with one attached hydrogen (secondary N) is 1. The van der Waals surface area contributed by atoms with Gasteiger partial charge in [0.05, 0.1) is 0 Å². The lowest BCUT2D eigenvalue weighted by Gasteiger charge is -2.42. The van der Waals surface area contributed by atoms with Crippen LogP contribution in [0.4, 0.5) is 22.4 Å². The van der Waals surface area contributed by atoms with Gasteiger partial charge in [-0.3, -0.25) is 9.88 Å². The van der Waals surface area contributed by atoms with Crippen molar-refractivity contribution in [2.24, 2.45) is 5.41 Å². The number of likely N-dealkylation sites (tertiary alicyclic amines) is 1. The third kappa shape index (κ3) is 6.35. The Hall–Kier alpha value is -2.98. The minimum absolute atomic E-state index is 0.0809. The molecule has 3 aromatic rings. The van der Waals surface area contributed by atoms with Gasteiger partial charge in [-0.2, -0.15) is 17.6 Å². The molecule has 38 heavy (non-hydrogen) atoms. The van der Waals surface area contributed by atoms with Gasteiger partial charge in [-0.15, -0.1) is 11.3 Å². The molecule has 0 spiro atoms. The summed E-state index contributed by atoms with van der Waals surface area (Å²) in [6.07, 6.45) is -3.58. The highest BCUT2D eigenvalue weighted by Crippen LogP contribution is 2.48. The van der Waals surface area contributed by atoms with Crippen molar-refractivity contribution in [2.75, 3.05) is 13.1 Å². The number of rotatable bonds is 8. The van der Waals surface area contributed by atoms with Crippen LogP contribution in [0.15, 0.2) is 60.8 Å². The van der Waals surface area contributed by atoms with E-state index in [0.717, 1.165) is 22.6 Å². The van der Waals surface area contributed by atoms with E-state index in [1.807, 2.05) is 37.8 Å². The Balaban J connectivity index is 1.63. The number of nitrogens with zero attached hydrogens (tertiary/aromatic N) is 2. The number of thiophene rings is 1. The smallest absolute Gasteiger partial charge is 0.410 e. The van der Waals surface area contributed by atoms with E-state index in [1.54, 1.807) is 30.5 Å². The number of aryl methyl sites for hydroxylation is 2. The van der Waals surface area contributed by atoms with E-state index in [2.05, 4.69) is 10.3 Å². The van der Waals surface area contributed by atoms with E-state index in [0.29, 0.717) is 11.4 Å². The second-order valence-corrected chi connectivity index (χ2v) is 11.4. The SMILES string of the molecule is Cc1ccc(C(C)(C)N2CCC(CCc3ccc(F)s3)([C@@H](NC(=O)Oc3ccccc3)C(F)(F)F)C2)cn1. The van der Waals surface area contributed by atoms with Crippen LogP contribution in [0.1, 0.15) is 42.8 Å². The molecule has 1 amide bonds. The topological polar surface area (TPSA) is 54.5 Å². The second kappa shape index (κ2) is 11.0. The number of para-hydroxylation sites is 1. The van der Waals surface area contributed by atoms with Gasteiger partial charge in [-0.25, -0.2) is 4.79 Å². The number of alkyl halides is 3.